The number of benzene rings is 1. The van der Waals surface area contributed by atoms with Crippen molar-refractivity contribution in [1.82, 2.24) is 14.5 Å². The van der Waals surface area contributed by atoms with Crippen LogP contribution < -0.4 is 0 Å². The maximum Gasteiger partial charge on any atom is 0.0955 e. The van der Waals surface area contributed by atoms with Crippen LogP contribution in [0.25, 0.3) is 11.0 Å². The van der Waals surface area contributed by atoms with Crippen LogP contribution in [0.15, 0.2) is 24.5 Å². The molecule has 0 spiro atoms. The summed E-state index contributed by atoms with van der Waals surface area (Å²) in [5, 5.41) is 9.58. The van der Waals surface area contributed by atoms with Crippen molar-refractivity contribution in [1.29, 1.82) is 0 Å². The fourth-order valence-corrected chi connectivity index (χ4v) is 2.78. The number of aromatic nitrogens is 2. The molecule has 2 rings (SSSR count). The van der Waals surface area contributed by atoms with Gasteiger partial charge in [-0.05, 0) is 38.2 Å². The Morgan fingerprint density at radius 2 is 2.11 bits per heavy atom. The smallest absolute Gasteiger partial charge is 0.0955 e. The van der Waals surface area contributed by atoms with E-state index in [0.717, 1.165) is 17.5 Å². The number of imidazole rings is 1. The van der Waals surface area contributed by atoms with Gasteiger partial charge in [-0.15, -0.1) is 0 Å². The van der Waals surface area contributed by atoms with Crippen molar-refractivity contribution in [3.63, 3.8) is 0 Å². The Morgan fingerprint density at radius 3 is 2.68 bits per heavy atom. The molecule has 1 aromatic heterocycles. The molecule has 2 unspecified atom stereocenters. The highest BCUT2D eigenvalue weighted by molar-refractivity contribution is 5.76. The van der Waals surface area contributed by atoms with Crippen LogP contribution in [0.5, 0.6) is 0 Å². The Hall–Kier alpha value is -1.39. The Morgan fingerprint density at radius 1 is 1.37 bits per heavy atom. The molecule has 0 aliphatic heterocycles. The van der Waals surface area contributed by atoms with E-state index in [4.69, 9.17) is 0 Å². The zero-order chi connectivity index (χ0) is 14.0. The second-order valence-corrected chi connectivity index (χ2v) is 5.36. The molecule has 0 saturated carbocycles. The molecule has 2 aromatic rings. The SMILES string of the molecule is CCC(CO)C(c1ccc2c(c1)ncn2C)N(C)C. The maximum absolute atomic E-state index is 9.58. The standard InChI is InChI=1S/C15H23N3O/c1-5-11(9-19)15(17(2)3)12-6-7-14-13(8-12)16-10-18(14)4/h6-8,10-11,15,19H,5,9H2,1-4H3. The minimum Gasteiger partial charge on any atom is -0.396 e. The molecule has 1 heterocycles. The van der Waals surface area contributed by atoms with Gasteiger partial charge in [-0.3, -0.25) is 0 Å². The molecule has 1 N–H and O–H groups in total. The molecule has 0 fully saturated rings. The molecule has 0 amide bonds. The highest BCUT2D eigenvalue weighted by Gasteiger charge is 2.23. The molecule has 0 aliphatic carbocycles. The number of hydrogen-bond donors (Lipinski definition) is 1. The topological polar surface area (TPSA) is 41.3 Å². The van der Waals surface area contributed by atoms with E-state index >= 15 is 0 Å². The molecular formula is C15H23N3O. The van der Waals surface area contributed by atoms with Crippen molar-refractivity contribution in [2.75, 3.05) is 20.7 Å². The van der Waals surface area contributed by atoms with E-state index in [0.29, 0.717) is 0 Å². The van der Waals surface area contributed by atoms with Gasteiger partial charge in [-0.25, -0.2) is 4.98 Å². The van der Waals surface area contributed by atoms with Gasteiger partial charge in [-0.2, -0.15) is 0 Å². The lowest BCUT2D eigenvalue weighted by Gasteiger charge is -2.31. The molecule has 2 atom stereocenters. The van der Waals surface area contributed by atoms with Gasteiger partial charge in [0.2, 0.25) is 0 Å². The second-order valence-electron chi connectivity index (χ2n) is 5.36. The summed E-state index contributed by atoms with van der Waals surface area (Å²) in [5.41, 5.74) is 3.37. The molecule has 0 bridgehead atoms. The van der Waals surface area contributed by atoms with Gasteiger partial charge in [0.15, 0.2) is 0 Å². The molecule has 0 saturated heterocycles. The summed E-state index contributed by atoms with van der Waals surface area (Å²) < 4.78 is 2.02. The first-order valence-electron chi connectivity index (χ1n) is 6.76. The molecule has 0 radical (unpaired) electrons. The van der Waals surface area contributed by atoms with E-state index in [1.807, 2.05) is 17.9 Å². The third-order valence-electron chi connectivity index (χ3n) is 3.85. The summed E-state index contributed by atoms with van der Waals surface area (Å²) in [6.45, 7) is 2.33. The van der Waals surface area contributed by atoms with E-state index in [1.54, 1.807) is 0 Å². The van der Waals surface area contributed by atoms with Crippen LogP contribution in [0.2, 0.25) is 0 Å². The third kappa shape index (κ3) is 2.65. The summed E-state index contributed by atoms with van der Waals surface area (Å²) in [4.78, 5) is 6.59. The normalized spacial score (nSPS) is 15.1. The van der Waals surface area contributed by atoms with Crippen molar-refractivity contribution >= 4 is 11.0 Å². The zero-order valence-corrected chi connectivity index (χ0v) is 12.2. The van der Waals surface area contributed by atoms with E-state index in [2.05, 4.69) is 49.1 Å². The summed E-state index contributed by atoms with van der Waals surface area (Å²) >= 11 is 0. The second kappa shape index (κ2) is 5.72. The van der Waals surface area contributed by atoms with Crippen LogP contribution in [-0.2, 0) is 7.05 Å². The summed E-state index contributed by atoms with van der Waals surface area (Å²) in [5.74, 6) is 0.246. The fraction of sp³-hybridized carbons (Fsp3) is 0.533. The highest BCUT2D eigenvalue weighted by Crippen LogP contribution is 2.30. The lowest BCUT2D eigenvalue weighted by molar-refractivity contribution is 0.130. The summed E-state index contributed by atoms with van der Waals surface area (Å²) in [6.07, 6.45) is 2.79. The monoisotopic (exact) mass is 261 g/mol. The lowest BCUT2D eigenvalue weighted by Crippen LogP contribution is -2.29. The molecule has 104 valence electrons. The van der Waals surface area contributed by atoms with Crippen LogP contribution in [0.4, 0.5) is 0 Å². The number of rotatable bonds is 5. The zero-order valence-electron chi connectivity index (χ0n) is 12.2. The van der Waals surface area contributed by atoms with E-state index in [1.165, 1.54) is 5.56 Å². The Balaban J connectivity index is 2.44. The van der Waals surface area contributed by atoms with Crippen LogP contribution in [0.1, 0.15) is 24.9 Å². The van der Waals surface area contributed by atoms with Gasteiger partial charge >= 0.3 is 0 Å². The van der Waals surface area contributed by atoms with Crippen molar-refractivity contribution in [3.8, 4) is 0 Å². The molecular weight excluding hydrogens is 238 g/mol. The number of nitrogens with zero attached hydrogens (tertiary/aromatic N) is 3. The first kappa shape index (κ1) is 14.0. The van der Waals surface area contributed by atoms with Gasteiger partial charge in [-0.1, -0.05) is 13.0 Å². The average molecular weight is 261 g/mol. The van der Waals surface area contributed by atoms with Gasteiger partial charge in [0.1, 0.15) is 0 Å². The summed E-state index contributed by atoms with van der Waals surface area (Å²) in [7, 11) is 6.12. The van der Waals surface area contributed by atoms with Crippen LogP contribution in [0.3, 0.4) is 0 Å². The predicted octanol–water partition coefficient (Wildman–Crippen LogP) is 2.19. The van der Waals surface area contributed by atoms with Crippen molar-refractivity contribution in [2.24, 2.45) is 13.0 Å². The van der Waals surface area contributed by atoms with Gasteiger partial charge in [0.25, 0.3) is 0 Å². The molecule has 4 heteroatoms. The molecule has 1 aromatic carbocycles. The van der Waals surface area contributed by atoms with Gasteiger partial charge < -0.3 is 14.6 Å². The number of aliphatic hydroxyl groups excluding tert-OH is 1. The Kier molecular flexibility index (Phi) is 4.22. The van der Waals surface area contributed by atoms with Crippen LogP contribution >= 0.6 is 0 Å². The van der Waals surface area contributed by atoms with Gasteiger partial charge in [0, 0.05) is 25.6 Å². The van der Waals surface area contributed by atoms with Crippen molar-refractivity contribution < 1.29 is 5.11 Å². The first-order valence-corrected chi connectivity index (χ1v) is 6.76. The van der Waals surface area contributed by atoms with Crippen LogP contribution in [0, 0.1) is 5.92 Å². The Bertz CT molecular complexity index is 543. The minimum absolute atomic E-state index is 0.208. The minimum atomic E-state index is 0.208. The quantitative estimate of drug-likeness (QED) is 0.897. The van der Waals surface area contributed by atoms with Crippen LogP contribution in [-0.4, -0.2) is 40.3 Å². The van der Waals surface area contributed by atoms with Crippen molar-refractivity contribution in [3.05, 3.63) is 30.1 Å². The predicted molar refractivity (Wildman–Crippen MR) is 78.0 cm³/mol. The van der Waals surface area contributed by atoms with Crippen molar-refractivity contribution in [2.45, 2.75) is 19.4 Å². The maximum atomic E-state index is 9.58. The molecule has 4 nitrogen and oxygen atoms in total. The molecule has 19 heavy (non-hydrogen) atoms. The van der Waals surface area contributed by atoms with Gasteiger partial charge in [0.05, 0.1) is 17.4 Å². The van der Waals surface area contributed by atoms with E-state index in [-0.39, 0.29) is 18.6 Å². The number of hydrogen-bond acceptors (Lipinski definition) is 3. The Labute approximate surface area is 114 Å². The molecule has 0 aliphatic rings. The number of fused-ring (bicyclic) bond motifs is 1. The highest BCUT2D eigenvalue weighted by atomic mass is 16.3. The summed E-state index contributed by atoms with van der Waals surface area (Å²) in [6, 6.07) is 6.62. The third-order valence-corrected chi connectivity index (χ3v) is 3.85. The van der Waals surface area contributed by atoms with E-state index < -0.39 is 0 Å². The largest absolute Gasteiger partial charge is 0.396 e. The average Bonchev–Trinajstić information content (AvgIpc) is 2.76. The number of aliphatic hydroxyl groups is 1. The first-order chi connectivity index (χ1) is 9.08. The van der Waals surface area contributed by atoms with E-state index in [9.17, 15) is 5.11 Å². The fourth-order valence-electron chi connectivity index (χ4n) is 2.78. The lowest BCUT2D eigenvalue weighted by atomic mass is 9.90. The number of aryl methyl sites for hydroxylation is 1.